The Morgan fingerprint density at radius 3 is 2.72 bits per heavy atom. The average Bonchev–Trinajstić information content (AvgIpc) is 2.85. The SMILES string of the molecule is CCCNC(c1ccsc1)C1CCC(F)(F)CC1. The highest BCUT2D eigenvalue weighted by atomic mass is 32.1. The maximum absolute atomic E-state index is 13.2. The van der Waals surface area contributed by atoms with Crippen LogP contribution < -0.4 is 5.32 Å². The lowest BCUT2D eigenvalue weighted by Gasteiger charge is -2.34. The predicted octanol–water partition coefficient (Wildman–Crippen LogP) is 4.61. The highest BCUT2D eigenvalue weighted by molar-refractivity contribution is 7.07. The first-order chi connectivity index (χ1) is 8.62. The number of hydrogen-bond acceptors (Lipinski definition) is 2. The molecule has 102 valence electrons. The van der Waals surface area contributed by atoms with Gasteiger partial charge >= 0.3 is 0 Å². The Kier molecular flexibility index (Phi) is 4.73. The Labute approximate surface area is 112 Å². The molecular formula is C14H21F2NS. The molecule has 0 spiro atoms. The minimum absolute atomic E-state index is 0.0477. The van der Waals surface area contributed by atoms with Crippen molar-refractivity contribution in [3.05, 3.63) is 22.4 Å². The van der Waals surface area contributed by atoms with Crippen LogP contribution in [-0.4, -0.2) is 12.5 Å². The van der Waals surface area contributed by atoms with Crippen molar-refractivity contribution < 1.29 is 8.78 Å². The van der Waals surface area contributed by atoms with E-state index in [4.69, 9.17) is 0 Å². The normalized spacial score (nSPS) is 21.9. The third-order valence-corrected chi connectivity index (χ3v) is 4.45. The lowest BCUT2D eigenvalue weighted by molar-refractivity contribution is -0.0497. The van der Waals surface area contributed by atoms with E-state index in [9.17, 15) is 8.78 Å². The Balaban J connectivity index is 2.01. The van der Waals surface area contributed by atoms with Crippen LogP contribution in [0.3, 0.4) is 0 Å². The summed E-state index contributed by atoms with van der Waals surface area (Å²) in [6.07, 6.45) is 2.43. The maximum atomic E-state index is 13.2. The zero-order chi connectivity index (χ0) is 13.0. The monoisotopic (exact) mass is 273 g/mol. The molecule has 1 aromatic heterocycles. The molecule has 0 saturated heterocycles. The van der Waals surface area contributed by atoms with Crippen molar-refractivity contribution in [2.45, 2.75) is 51.0 Å². The summed E-state index contributed by atoms with van der Waals surface area (Å²) in [7, 11) is 0. The van der Waals surface area contributed by atoms with Crippen molar-refractivity contribution >= 4 is 11.3 Å². The Hall–Kier alpha value is -0.480. The zero-order valence-electron chi connectivity index (χ0n) is 10.8. The fraction of sp³-hybridized carbons (Fsp3) is 0.714. The van der Waals surface area contributed by atoms with Gasteiger partial charge in [0.05, 0.1) is 0 Å². The van der Waals surface area contributed by atoms with Crippen molar-refractivity contribution in [1.29, 1.82) is 0 Å². The van der Waals surface area contributed by atoms with Gasteiger partial charge in [0, 0.05) is 18.9 Å². The van der Waals surface area contributed by atoms with Crippen LogP contribution >= 0.6 is 11.3 Å². The largest absolute Gasteiger partial charge is 0.310 e. The molecule has 1 unspecified atom stereocenters. The number of alkyl halides is 2. The van der Waals surface area contributed by atoms with E-state index in [-0.39, 0.29) is 18.9 Å². The summed E-state index contributed by atoms with van der Waals surface area (Å²) in [5.41, 5.74) is 1.27. The van der Waals surface area contributed by atoms with E-state index in [1.54, 1.807) is 11.3 Å². The standard InChI is InChI=1S/C14H21F2NS/c1-2-8-17-13(12-5-9-18-10-12)11-3-6-14(15,16)7-4-11/h5,9-11,13,17H,2-4,6-8H2,1H3. The first kappa shape index (κ1) is 13.9. The Bertz CT molecular complexity index is 341. The predicted molar refractivity (Wildman–Crippen MR) is 72.3 cm³/mol. The van der Waals surface area contributed by atoms with Crippen LogP contribution in [0.1, 0.15) is 50.6 Å². The van der Waals surface area contributed by atoms with Crippen LogP contribution in [0.5, 0.6) is 0 Å². The van der Waals surface area contributed by atoms with Crippen molar-refractivity contribution in [3.63, 3.8) is 0 Å². The fourth-order valence-electron chi connectivity index (χ4n) is 2.70. The zero-order valence-corrected chi connectivity index (χ0v) is 11.6. The van der Waals surface area contributed by atoms with Gasteiger partial charge in [0.2, 0.25) is 5.92 Å². The van der Waals surface area contributed by atoms with Gasteiger partial charge < -0.3 is 5.32 Å². The van der Waals surface area contributed by atoms with E-state index in [2.05, 4.69) is 29.1 Å². The third-order valence-electron chi connectivity index (χ3n) is 3.75. The van der Waals surface area contributed by atoms with Crippen molar-refractivity contribution in [2.75, 3.05) is 6.54 Å². The molecule has 18 heavy (non-hydrogen) atoms. The summed E-state index contributed by atoms with van der Waals surface area (Å²) in [5.74, 6) is -2.08. The summed E-state index contributed by atoms with van der Waals surface area (Å²) in [5, 5.41) is 7.73. The van der Waals surface area contributed by atoms with Crippen LogP contribution in [0.25, 0.3) is 0 Å². The van der Waals surface area contributed by atoms with Crippen LogP contribution in [0.2, 0.25) is 0 Å². The molecule has 1 saturated carbocycles. The summed E-state index contributed by atoms with van der Waals surface area (Å²) in [6.45, 7) is 3.08. The second-order valence-corrected chi connectivity index (χ2v) is 5.96. The van der Waals surface area contributed by atoms with Gasteiger partial charge in [0.15, 0.2) is 0 Å². The topological polar surface area (TPSA) is 12.0 Å². The quantitative estimate of drug-likeness (QED) is 0.825. The molecule has 0 bridgehead atoms. The van der Waals surface area contributed by atoms with Gasteiger partial charge in [-0.3, -0.25) is 0 Å². The van der Waals surface area contributed by atoms with E-state index in [0.717, 1.165) is 13.0 Å². The molecule has 1 aromatic rings. The molecule has 0 aromatic carbocycles. The number of halogens is 2. The van der Waals surface area contributed by atoms with E-state index in [0.29, 0.717) is 18.8 Å². The molecule has 1 N–H and O–H groups in total. The van der Waals surface area contributed by atoms with E-state index < -0.39 is 5.92 Å². The van der Waals surface area contributed by atoms with Gasteiger partial charge in [-0.1, -0.05) is 6.92 Å². The molecule has 1 heterocycles. The molecule has 0 amide bonds. The summed E-state index contributed by atoms with van der Waals surface area (Å²) >= 11 is 1.68. The Morgan fingerprint density at radius 1 is 1.44 bits per heavy atom. The van der Waals surface area contributed by atoms with Crippen molar-refractivity contribution in [2.24, 2.45) is 5.92 Å². The second kappa shape index (κ2) is 6.11. The summed E-state index contributed by atoms with van der Waals surface area (Å²) in [4.78, 5) is 0. The maximum Gasteiger partial charge on any atom is 0.248 e. The Morgan fingerprint density at radius 2 is 2.17 bits per heavy atom. The lowest BCUT2D eigenvalue weighted by atomic mass is 9.80. The summed E-state index contributed by atoms with van der Waals surface area (Å²) < 4.78 is 26.4. The number of hydrogen-bond donors (Lipinski definition) is 1. The first-order valence-corrected chi connectivity index (χ1v) is 7.70. The van der Waals surface area contributed by atoms with Crippen molar-refractivity contribution in [3.8, 4) is 0 Å². The smallest absolute Gasteiger partial charge is 0.248 e. The van der Waals surface area contributed by atoms with Gasteiger partial charge in [-0.25, -0.2) is 8.78 Å². The molecule has 0 aliphatic heterocycles. The minimum Gasteiger partial charge on any atom is -0.310 e. The van der Waals surface area contributed by atoms with Crippen LogP contribution in [0.4, 0.5) is 8.78 Å². The molecule has 1 aliphatic rings. The van der Waals surface area contributed by atoms with E-state index in [1.807, 2.05) is 0 Å². The van der Waals surface area contributed by atoms with Crippen LogP contribution in [-0.2, 0) is 0 Å². The minimum atomic E-state index is -2.43. The first-order valence-electron chi connectivity index (χ1n) is 6.75. The molecule has 1 nitrogen and oxygen atoms in total. The number of rotatable bonds is 5. The molecule has 1 aliphatic carbocycles. The number of nitrogens with one attached hydrogen (secondary N) is 1. The fourth-order valence-corrected chi connectivity index (χ4v) is 3.40. The molecule has 4 heteroatoms. The van der Waals surface area contributed by atoms with Gasteiger partial charge in [-0.2, -0.15) is 11.3 Å². The highest BCUT2D eigenvalue weighted by Crippen LogP contribution is 2.41. The van der Waals surface area contributed by atoms with E-state index in [1.165, 1.54) is 5.56 Å². The van der Waals surface area contributed by atoms with Crippen LogP contribution in [0.15, 0.2) is 16.8 Å². The van der Waals surface area contributed by atoms with Gasteiger partial charge in [-0.15, -0.1) is 0 Å². The van der Waals surface area contributed by atoms with Crippen LogP contribution in [0, 0.1) is 5.92 Å². The molecule has 0 radical (unpaired) electrons. The third kappa shape index (κ3) is 3.51. The van der Waals surface area contributed by atoms with Gasteiger partial charge in [0.25, 0.3) is 0 Å². The van der Waals surface area contributed by atoms with Gasteiger partial charge in [0.1, 0.15) is 0 Å². The molecule has 1 atom stereocenters. The van der Waals surface area contributed by atoms with Gasteiger partial charge in [-0.05, 0) is 54.1 Å². The highest BCUT2D eigenvalue weighted by Gasteiger charge is 2.37. The second-order valence-electron chi connectivity index (χ2n) is 5.18. The summed E-state index contributed by atoms with van der Waals surface area (Å²) in [6, 6.07) is 2.37. The molecular weight excluding hydrogens is 252 g/mol. The molecule has 2 rings (SSSR count). The average molecular weight is 273 g/mol. The van der Waals surface area contributed by atoms with E-state index >= 15 is 0 Å². The number of thiophene rings is 1. The van der Waals surface area contributed by atoms with Crippen molar-refractivity contribution in [1.82, 2.24) is 5.32 Å². The lowest BCUT2D eigenvalue weighted by Crippen LogP contribution is -2.34. The molecule has 1 fully saturated rings.